The first-order valence-corrected chi connectivity index (χ1v) is 7.89. The summed E-state index contributed by atoms with van der Waals surface area (Å²) in [6.45, 7) is 2.96. The number of hydrogen-bond acceptors (Lipinski definition) is 7. The summed E-state index contributed by atoms with van der Waals surface area (Å²) in [5.74, 6) is -0.713. The number of ether oxygens (including phenoxy) is 1. The fourth-order valence-corrected chi connectivity index (χ4v) is 2.67. The molecular weight excluding hydrogens is 312 g/mol. The SMILES string of the molecule is CCOC(=O)C1CCCN(C(=O)c2nc(-c3cccnc3)no2)C1. The van der Waals surface area contributed by atoms with Gasteiger partial charge in [-0.25, -0.2) is 0 Å². The fourth-order valence-electron chi connectivity index (χ4n) is 2.67. The van der Waals surface area contributed by atoms with Crippen molar-refractivity contribution >= 4 is 11.9 Å². The van der Waals surface area contributed by atoms with Crippen molar-refractivity contribution in [1.29, 1.82) is 0 Å². The molecule has 8 nitrogen and oxygen atoms in total. The molecule has 1 amide bonds. The lowest BCUT2D eigenvalue weighted by atomic mass is 9.98. The summed E-state index contributed by atoms with van der Waals surface area (Å²) in [4.78, 5) is 34.1. The first-order chi connectivity index (χ1) is 11.7. The van der Waals surface area contributed by atoms with Crippen LogP contribution in [-0.2, 0) is 9.53 Å². The Morgan fingerprint density at radius 3 is 3.08 bits per heavy atom. The fraction of sp³-hybridized carbons (Fsp3) is 0.438. The molecule has 0 radical (unpaired) electrons. The van der Waals surface area contributed by atoms with Gasteiger partial charge >= 0.3 is 17.8 Å². The van der Waals surface area contributed by atoms with Crippen LogP contribution in [0.3, 0.4) is 0 Å². The molecule has 126 valence electrons. The van der Waals surface area contributed by atoms with Gasteiger partial charge in [-0.2, -0.15) is 4.98 Å². The largest absolute Gasteiger partial charge is 0.466 e. The molecule has 0 saturated carbocycles. The number of piperidine rings is 1. The summed E-state index contributed by atoms with van der Waals surface area (Å²) in [5, 5.41) is 3.82. The standard InChI is InChI=1S/C16H18N4O4/c1-2-23-16(22)12-6-4-8-20(10-12)15(21)14-18-13(19-24-14)11-5-3-7-17-9-11/h3,5,7,9,12H,2,4,6,8,10H2,1H3. The molecule has 1 aliphatic heterocycles. The van der Waals surface area contributed by atoms with E-state index in [0.717, 1.165) is 6.42 Å². The second kappa shape index (κ2) is 7.20. The van der Waals surface area contributed by atoms with Gasteiger partial charge in [0.15, 0.2) is 0 Å². The van der Waals surface area contributed by atoms with Crippen LogP contribution in [0.15, 0.2) is 29.0 Å². The number of pyridine rings is 1. The number of likely N-dealkylation sites (tertiary alicyclic amines) is 1. The molecule has 0 aromatic carbocycles. The molecule has 2 aromatic rings. The highest BCUT2D eigenvalue weighted by atomic mass is 16.5. The summed E-state index contributed by atoms with van der Waals surface area (Å²) < 4.78 is 10.1. The number of amides is 1. The zero-order valence-corrected chi connectivity index (χ0v) is 13.3. The molecule has 1 unspecified atom stereocenters. The monoisotopic (exact) mass is 330 g/mol. The lowest BCUT2D eigenvalue weighted by Gasteiger charge is -2.30. The van der Waals surface area contributed by atoms with Gasteiger partial charge in [0.1, 0.15) is 0 Å². The Labute approximate surface area is 138 Å². The molecule has 0 aliphatic carbocycles. The summed E-state index contributed by atoms with van der Waals surface area (Å²) in [7, 11) is 0. The summed E-state index contributed by atoms with van der Waals surface area (Å²) in [6, 6.07) is 3.53. The van der Waals surface area contributed by atoms with E-state index in [1.165, 1.54) is 0 Å². The van der Waals surface area contributed by atoms with E-state index in [4.69, 9.17) is 9.26 Å². The van der Waals surface area contributed by atoms with Crippen molar-refractivity contribution in [3.63, 3.8) is 0 Å². The van der Waals surface area contributed by atoms with Crippen LogP contribution < -0.4 is 0 Å². The van der Waals surface area contributed by atoms with Crippen LogP contribution in [-0.4, -0.2) is 51.6 Å². The number of carbonyl (C=O) groups excluding carboxylic acids is 2. The summed E-state index contributed by atoms with van der Waals surface area (Å²) >= 11 is 0. The molecule has 3 heterocycles. The number of nitrogens with zero attached hydrogens (tertiary/aromatic N) is 4. The van der Waals surface area contributed by atoms with E-state index in [1.54, 1.807) is 36.4 Å². The number of hydrogen-bond donors (Lipinski definition) is 0. The average Bonchev–Trinajstić information content (AvgIpc) is 3.12. The first-order valence-electron chi connectivity index (χ1n) is 7.89. The molecule has 24 heavy (non-hydrogen) atoms. The molecule has 1 atom stereocenters. The minimum atomic E-state index is -0.369. The predicted molar refractivity (Wildman–Crippen MR) is 82.8 cm³/mol. The highest BCUT2D eigenvalue weighted by Gasteiger charge is 2.32. The van der Waals surface area contributed by atoms with Crippen molar-refractivity contribution in [2.75, 3.05) is 19.7 Å². The molecule has 0 spiro atoms. The maximum atomic E-state index is 12.5. The van der Waals surface area contributed by atoms with Crippen LogP contribution in [0.5, 0.6) is 0 Å². The van der Waals surface area contributed by atoms with Crippen molar-refractivity contribution in [3.05, 3.63) is 30.4 Å². The minimum absolute atomic E-state index is 0.0849. The van der Waals surface area contributed by atoms with Crippen molar-refractivity contribution in [2.24, 2.45) is 5.92 Å². The van der Waals surface area contributed by atoms with Crippen LogP contribution in [0.4, 0.5) is 0 Å². The van der Waals surface area contributed by atoms with E-state index in [-0.39, 0.29) is 23.7 Å². The van der Waals surface area contributed by atoms with E-state index in [2.05, 4.69) is 15.1 Å². The van der Waals surface area contributed by atoms with Crippen LogP contribution in [0.1, 0.15) is 30.5 Å². The van der Waals surface area contributed by atoms with Crippen molar-refractivity contribution in [1.82, 2.24) is 20.0 Å². The second-order valence-electron chi connectivity index (χ2n) is 5.51. The molecule has 1 fully saturated rings. The van der Waals surface area contributed by atoms with Crippen LogP contribution in [0.25, 0.3) is 11.4 Å². The lowest BCUT2D eigenvalue weighted by molar-refractivity contribution is -0.149. The summed E-state index contributed by atoms with van der Waals surface area (Å²) in [6.07, 6.45) is 4.68. The molecule has 2 aromatic heterocycles. The van der Waals surface area contributed by atoms with Crippen LogP contribution >= 0.6 is 0 Å². The highest BCUT2D eigenvalue weighted by molar-refractivity contribution is 5.90. The number of carbonyl (C=O) groups is 2. The van der Waals surface area contributed by atoms with Gasteiger partial charge in [-0.3, -0.25) is 14.6 Å². The normalized spacial score (nSPS) is 17.5. The van der Waals surface area contributed by atoms with Gasteiger partial charge in [0.2, 0.25) is 5.82 Å². The van der Waals surface area contributed by atoms with Gasteiger partial charge < -0.3 is 14.2 Å². The Kier molecular flexibility index (Phi) is 4.83. The van der Waals surface area contributed by atoms with Crippen molar-refractivity contribution < 1.29 is 18.8 Å². The topological polar surface area (TPSA) is 98.4 Å². The maximum Gasteiger partial charge on any atom is 0.316 e. The van der Waals surface area contributed by atoms with E-state index < -0.39 is 0 Å². The van der Waals surface area contributed by atoms with E-state index in [9.17, 15) is 9.59 Å². The predicted octanol–water partition coefficient (Wildman–Crippen LogP) is 1.55. The maximum absolute atomic E-state index is 12.5. The van der Waals surface area contributed by atoms with Gasteiger partial charge in [-0.05, 0) is 31.9 Å². The Hall–Kier alpha value is -2.77. The third-order valence-electron chi connectivity index (χ3n) is 3.86. The Morgan fingerprint density at radius 2 is 2.33 bits per heavy atom. The van der Waals surface area contributed by atoms with Gasteiger partial charge in [0.05, 0.1) is 12.5 Å². The number of rotatable bonds is 4. The average molecular weight is 330 g/mol. The quantitative estimate of drug-likeness (QED) is 0.784. The van der Waals surface area contributed by atoms with Crippen LogP contribution in [0, 0.1) is 5.92 Å². The van der Waals surface area contributed by atoms with Crippen molar-refractivity contribution in [2.45, 2.75) is 19.8 Å². The second-order valence-corrected chi connectivity index (χ2v) is 5.51. The molecule has 1 aliphatic rings. The smallest absolute Gasteiger partial charge is 0.316 e. The number of esters is 1. The lowest BCUT2D eigenvalue weighted by Crippen LogP contribution is -2.43. The molecular formula is C16H18N4O4. The van der Waals surface area contributed by atoms with E-state index in [0.29, 0.717) is 37.5 Å². The van der Waals surface area contributed by atoms with E-state index in [1.807, 2.05) is 0 Å². The van der Waals surface area contributed by atoms with Crippen LogP contribution in [0.2, 0.25) is 0 Å². The highest BCUT2D eigenvalue weighted by Crippen LogP contribution is 2.20. The van der Waals surface area contributed by atoms with Crippen molar-refractivity contribution in [3.8, 4) is 11.4 Å². The molecule has 3 rings (SSSR count). The van der Waals surface area contributed by atoms with Gasteiger partial charge in [-0.1, -0.05) is 5.16 Å². The Balaban J connectivity index is 1.70. The van der Waals surface area contributed by atoms with Gasteiger partial charge in [0.25, 0.3) is 0 Å². The van der Waals surface area contributed by atoms with Gasteiger partial charge in [-0.15, -0.1) is 0 Å². The Morgan fingerprint density at radius 1 is 1.46 bits per heavy atom. The number of aromatic nitrogens is 3. The minimum Gasteiger partial charge on any atom is -0.466 e. The third-order valence-corrected chi connectivity index (χ3v) is 3.86. The Bertz CT molecular complexity index is 716. The zero-order valence-electron chi connectivity index (χ0n) is 13.3. The zero-order chi connectivity index (χ0) is 16.9. The van der Waals surface area contributed by atoms with E-state index >= 15 is 0 Å². The third kappa shape index (κ3) is 3.42. The summed E-state index contributed by atoms with van der Waals surface area (Å²) in [5.41, 5.74) is 0.670. The molecule has 1 saturated heterocycles. The molecule has 0 bridgehead atoms. The molecule has 0 N–H and O–H groups in total. The first kappa shape index (κ1) is 16.1. The molecule has 8 heteroatoms. The van der Waals surface area contributed by atoms with Gasteiger partial charge in [0, 0.05) is 31.0 Å².